The van der Waals surface area contributed by atoms with E-state index in [2.05, 4.69) is 5.32 Å². The maximum Gasteiger partial charge on any atom is 0.250 e. The summed E-state index contributed by atoms with van der Waals surface area (Å²) in [7, 11) is 0. The average molecular weight is 290 g/mol. The molecule has 2 aliphatic rings. The third-order valence-electron chi connectivity index (χ3n) is 3.91. The van der Waals surface area contributed by atoms with Gasteiger partial charge in [0.2, 0.25) is 5.91 Å². The number of rotatable bonds is 2. The van der Waals surface area contributed by atoms with E-state index in [0.717, 1.165) is 29.9 Å². The second kappa shape index (κ2) is 5.87. The van der Waals surface area contributed by atoms with E-state index in [1.54, 1.807) is 4.90 Å². The van der Waals surface area contributed by atoms with Crippen LogP contribution in [0.1, 0.15) is 24.4 Å². The van der Waals surface area contributed by atoms with Crippen LogP contribution in [0.25, 0.3) is 0 Å². The van der Waals surface area contributed by atoms with Gasteiger partial charge in [-0.15, -0.1) is 0 Å². The quantitative estimate of drug-likeness (QED) is 0.899. The van der Waals surface area contributed by atoms with Gasteiger partial charge in [-0.05, 0) is 29.9 Å². The van der Waals surface area contributed by atoms with Crippen molar-refractivity contribution in [2.45, 2.75) is 24.9 Å². The number of nitrogens with zero attached hydrogens (tertiary/aromatic N) is 1. The Hall–Kier alpha value is -1.49. The standard InChI is InChI=1S/C15H18N2O2S/c18-13-10-17(12-6-8-20-9-7-12)15(19)14(16-13)11-4-2-1-3-5-11/h1-5,12,14H,6-10H2,(H,16,18). The van der Waals surface area contributed by atoms with Crippen LogP contribution in [0.5, 0.6) is 0 Å². The smallest absolute Gasteiger partial charge is 0.250 e. The van der Waals surface area contributed by atoms with Crippen molar-refractivity contribution in [2.24, 2.45) is 0 Å². The number of nitrogens with one attached hydrogen (secondary N) is 1. The molecule has 2 saturated heterocycles. The third kappa shape index (κ3) is 2.68. The molecular formula is C15H18N2O2S. The summed E-state index contributed by atoms with van der Waals surface area (Å²) in [5.74, 6) is 2.13. The van der Waals surface area contributed by atoms with Gasteiger partial charge in [-0.3, -0.25) is 9.59 Å². The van der Waals surface area contributed by atoms with Crippen molar-refractivity contribution in [1.29, 1.82) is 0 Å². The molecule has 2 amide bonds. The molecule has 0 aliphatic carbocycles. The Morgan fingerprint density at radius 1 is 1.10 bits per heavy atom. The van der Waals surface area contributed by atoms with Crippen molar-refractivity contribution >= 4 is 23.6 Å². The van der Waals surface area contributed by atoms with Crippen LogP contribution in [0, 0.1) is 0 Å². The van der Waals surface area contributed by atoms with Gasteiger partial charge in [0.05, 0.1) is 6.54 Å². The van der Waals surface area contributed by atoms with Crippen LogP contribution in [0.3, 0.4) is 0 Å². The van der Waals surface area contributed by atoms with E-state index in [9.17, 15) is 9.59 Å². The molecule has 0 spiro atoms. The Labute approximate surface area is 122 Å². The summed E-state index contributed by atoms with van der Waals surface area (Å²) in [6.45, 7) is 0.206. The highest BCUT2D eigenvalue weighted by molar-refractivity contribution is 7.99. The predicted octanol–water partition coefficient (Wildman–Crippen LogP) is 1.58. The largest absolute Gasteiger partial charge is 0.339 e. The van der Waals surface area contributed by atoms with E-state index in [1.165, 1.54) is 0 Å². The average Bonchev–Trinajstić information content (AvgIpc) is 2.51. The van der Waals surface area contributed by atoms with Crippen molar-refractivity contribution in [3.63, 3.8) is 0 Å². The van der Waals surface area contributed by atoms with Crippen LogP contribution in [-0.4, -0.2) is 40.8 Å². The number of carbonyl (C=O) groups is 2. The molecule has 4 nitrogen and oxygen atoms in total. The minimum Gasteiger partial charge on any atom is -0.339 e. The molecule has 1 atom stereocenters. The van der Waals surface area contributed by atoms with E-state index in [1.807, 2.05) is 42.1 Å². The molecule has 1 aromatic rings. The van der Waals surface area contributed by atoms with E-state index < -0.39 is 6.04 Å². The van der Waals surface area contributed by atoms with E-state index in [4.69, 9.17) is 0 Å². The zero-order valence-electron chi connectivity index (χ0n) is 11.2. The lowest BCUT2D eigenvalue weighted by Gasteiger charge is -2.39. The lowest BCUT2D eigenvalue weighted by molar-refractivity contribution is -0.147. The lowest BCUT2D eigenvalue weighted by atomic mass is 10.0. The minimum atomic E-state index is -0.521. The fourth-order valence-electron chi connectivity index (χ4n) is 2.84. The number of amides is 2. The van der Waals surface area contributed by atoms with Gasteiger partial charge in [-0.1, -0.05) is 30.3 Å². The van der Waals surface area contributed by atoms with E-state index in [0.29, 0.717) is 0 Å². The van der Waals surface area contributed by atoms with Gasteiger partial charge in [0.1, 0.15) is 6.04 Å². The van der Waals surface area contributed by atoms with Gasteiger partial charge in [0.15, 0.2) is 0 Å². The monoisotopic (exact) mass is 290 g/mol. The maximum atomic E-state index is 12.7. The van der Waals surface area contributed by atoms with Crippen molar-refractivity contribution < 1.29 is 9.59 Å². The van der Waals surface area contributed by atoms with Crippen molar-refractivity contribution in [2.75, 3.05) is 18.1 Å². The number of thioether (sulfide) groups is 1. The molecule has 2 aliphatic heterocycles. The van der Waals surface area contributed by atoms with Gasteiger partial charge < -0.3 is 10.2 Å². The van der Waals surface area contributed by atoms with Crippen LogP contribution in [0.15, 0.2) is 30.3 Å². The molecule has 1 aromatic carbocycles. The number of hydrogen-bond acceptors (Lipinski definition) is 3. The predicted molar refractivity (Wildman–Crippen MR) is 79.4 cm³/mol. The van der Waals surface area contributed by atoms with Gasteiger partial charge in [-0.2, -0.15) is 11.8 Å². The number of benzene rings is 1. The van der Waals surface area contributed by atoms with Crippen LogP contribution >= 0.6 is 11.8 Å². The van der Waals surface area contributed by atoms with Crippen LogP contribution in [0.2, 0.25) is 0 Å². The van der Waals surface area contributed by atoms with Crippen LogP contribution in [-0.2, 0) is 9.59 Å². The first-order valence-electron chi connectivity index (χ1n) is 6.98. The molecule has 0 radical (unpaired) electrons. The normalized spacial score (nSPS) is 24.6. The van der Waals surface area contributed by atoms with E-state index >= 15 is 0 Å². The maximum absolute atomic E-state index is 12.7. The fourth-order valence-corrected chi connectivity index (χ4v) is 3.93. The van der Waals surface area contributed by atoms with Gasteiger partial charge >= 0.3 is 0 Å². The van der Waals surface area contributed by atoms with Gasteiger partial charge in [0, 0.05) is 6.04 Å². The molecule has 0 bridgehead atoms. The van der Waals surface area contributed by atoms with Crippen molar-refractivity contribution in [3.8, 4) is 0 Å². The molecule has 0 aromatic heterocycles. The molecule has 106 valence electrons. The molecule has 0 saturated carbocycles. The highest BCUT2D eigenvalue weighted by Gasteiger charge is 2.37. The highest BCUT2D eigenvalue weighted by Crippen LogP contribution is 2.26. The molecule has 20 heavy (non-hydrogen) atoms. The summed E-state index contributed by atoms with van der Waals surface area (Å²) in [5, 5.41) is 2.82. The topological polar surface area (TPSA) is 49.4 Å². The fraction of sp³-hybridized carbons (Fsp3) is 0.467. The van der Waals surface area contributed by atoms with Crippen LogP contribution in [0.4, 0.5) is 0 Å². The summed E-state index contributed by atoms with van der Waals surface area (Å²) < 4.78 is 0. The first-order chi connectivity index (χ1) is 9.75. The second-order valence-corrected chi connectivity index (χ2v) is 6.45. The Morgan fingerprint density at radius 2 is 1.80 bits per heavy atom. The Morgan fingerprint density at radius 3 is 2.50 bits per heavy atom. The number of piperazine rings is 1. The second-order valence-electron chi connectivity index (χ2n) is 5.22. The number of carbonyl (C=O) groups excluding carboxylic acids is 2. The van der Waals surface area contributed by atoms with Gasteiger partial charge in [0.25, 0.3) is 5.91 Å². The van der Waals surface area contributed by atoms with E-state index in [-0.39, 0.29) is 24.4 Å². The Kier molecular flexibility index (Phi) is 3.96. The summed E-state index contributed by atoms with van der Waals surface area (Å²) in [6.07, 6.45) is 1.98. The Balaban J connectivity index is 1.82. The summed E-state index contributed by atoms with van der Waals surface area (Å²) >= 11 is 1.92. The van der Waals surface area contributed by atoms with Crippen molar-refractivity contribution in [1.82, 2.24) is 10.2 Å². The first kappa shape index (κ1) is 13.5. The third-order valence-corrected chi connectivity index (χ3v) is 4.96. The molecule has 1 unspecified atom stereocenters. The summed E-state index contributed by atoms with van der Waals surface area (Å²) in [6, 6.07) is 9.18. The number of hydrogen-bond donors (Lipinski definition) is 1. The van der Waals surface area contributed by atoms with Crippen molar-refractivity contribution in [3.05, 3.63) is 35.9 Å². The molecule has 2 fully saturated rings. The molecule has 5 heteroatoms. The highest BCUT2D eigenvalue weighted by atomic mass is 32.2. The Bertz CT molecular complexity index is 500. The van der Waals surface area contributed by atoms with Gasteiger partial charge in [-0.25, -0.2) is 0 Å². The SMILES string of the molecule is O=C1CN(C2CCSCC2)C(=O)C(c2ccccc2)N1. The minimum absolute atomic E-state index is 0.0349. The summed E-state index contributed by atoms with van der Waals surface area (Å²) in [5.41, 5.74) is 0.862. The molecule has 2 heterocycles. The molecule has 3 rings (SSSR count). The van der Waals surface area contributed by atoms with Crippen LogP contribution < -0.4 is 5.32 Å². The zero-order chi connectivity index (χ0) is 13.9. The lowest BCUT2D eigenvalue weighted by Crippen LogP contribution is -2.57. The summed E-state index contributed by atoms with van der Waals surface area (Å²) in [4.78, 5) is 26.4. The zero-order valence-corrected chi connectivity index (χ0v) is 12.1. The molecular weight excluding hydrogens is 272 g/mol. The first-order valence-corrected chi connectivity index (χ1v) is 8.14. The molecule has 1 N–H and O–H groups in total.